The van der Waals surface area contributed by atoms with E-state index in [9.17, 15) is 4.79 Å². The minimum Gasteiger partial charge on any atom is -0.481 e. The van der Waals surface area contributed by atoms with Crippen LogP contribution in [0.15, 0.2) is 30.3 Å². The van der Waals surface area contributed by atoms with Crippen molar-refractivity contribution in [2.45, 2.75) is 26.9 Å². The largest absolute Gasteiger partial charge is 0.481 e. The molecule has 0 aliphatic carbocycles. The van der Waals surface area contributed by atoms with E-state index >= 15 is 0 Å². The van der Waals surface area contributed by atoms with Gasteiger partial charge in [-0.2, -0.15) is 0 Å². The molecule has 0 aromatic heterocycles. The highest BCUT2D eigenvalue weighted by Crippen LogP contribution is 2.34. The zero-order valence-electron chi connectivity index (χ0n) is 12.4. The van der Waals surface area contributed by atoms with Crippen molar-refractivity contribution in [3.05, 3.63) is 62.1 Å². The third-order valence-corrected chi connectivity index (χ3v) is 4.46. The summed E-state index contributed by atoms with van der Waals surface area (Å²) in [5.41, 5.74) is 2.80. The third-order valence-electron chi connectivity index (χ3n) is 3.44. The van der Waals surface area contributed by atoms with Gasteiger partial charge in [-0.25, -0.2) is 0 Å². The molecule has 0 aliphatic rings. The van der Waals surface area contributed by atoms with Crippen LogP contribution >= 0.6 is 34.8 Å². The van der Waals surface area contributed by atoms with Crippen molar-refractivity contribution < 1.29 is 9.53 Å². The number of halogens is 3. The van der Waals surface area contributed by atoms with Crippen molar-refractivity contribution in [1.82, 2.24) is 0 Å². The summed E-state index contributed by atoms with van der Waals surface area (Å²) in [6.07, 6.45) is -0.683. The molecule has 0 radical (unpaired) electrons. The van der Waals surface area contributed by atoms with Crippen LogP contribution in [0, 0.1) is 13.8 Å². The molecule has 5 heteroatoms. The van der Waals surface area contributed by atoms with E-state index in [1.54, 1.807) is 13.0 Å². The van der Waals surface area contributed by atoms with Gasteiger partial charge < -0.3 is 4.74 Å². The molecule has 0 saturated heterocycles. The molecule has 2 aromatic carbocycles. The molecule has 0 unspecified atom stereocenters. The smallest absolute Gasteiger partial charge is 0.203 e. The first kappa shape index (κ1) is 17.1. The Bertz CT molecular complexity index is 726. The number of aryl methyl sites for hydroxylation is 2. The van der Waals surface area contributed by atoms with Crippen LogP contribution in [0.25, 0.3) is 0 Å². The Kier molecular flexibility index (Phi) is 5.38. The topological polar surface area (TPSA) is 26.3 Å². The molecule has 2 nitrogen and oxygen atoms in total. The number of ether oxygens (including phenoxy) is 1. The first-order chi connectivity index (χ1) is 10.3. The van der Waals surface area contributed by atoms with Crippen molar-refractivity contribution in [1.29, 1.82) is 0 Å². The highest BCUT2D eigenvalue weighted by molar-refractivity contribution is 6.43. The quantitative estimate of drug-likeness (QED) is 0.502. The summed E-state index contributed by atoms with van der Waals surface area (Å²) in [5.74, 6) is 0.214. The molecule has 2 rings (SSSR count). The van der Waals surface area contributed by atoms with Gasteiger partial charge in [0.15, 0.2) is 6.10 Å². The van der Waals surface area contributed by atoms with Gasteiger partial charge in [-0.3, -0.25) is 4.79 Å². The van der Waals surface area contributed by atoms with Gasteiger partial charge in [0.05, 0.1) is 15.1 Å². The SMILES string of the molecule is Cc1ccc(C(=O)[C@H](C)Oc2cc(Cl)c(Cl)cc2Cl)cc1C. The summed E-state index contributed by atoms with van der Waals surface area (Å²) in [4.78, 5) is 12.4. The maximum absolute atomic E-state index is 12.4. The lowest BCUT2D eigenvalue weighted by atomic mass is 10.0. The Morgan fingerprint density at radius 1 is 0.955 bits per heavy atom. The molecule has 0 saturated carbocycles. The van der Waals surface area contributed by atoms with Crippen LogP contribution in [-0.4, -0.2) is 11.9 Å². The Morgan fingerprint density at radius 3 is 2.23 bits per heavy atom. The van der Waals surface area contributed by atoms with Crippen molar-refractivity contribution in [3.63, 3.8) is 0 Å². The zero-order chi connectivity index (χ0) is 16.4. The number of carbonyl (C=O) groups is 1. The molecule has 116 valence electrons. The van der Waals surface area contributed by atoms with Crippen molar-refractivity contribution >= 4 is 40.6 Å². The molecule has 0 bridgehead atoms. The molecule has 0 amide bonds. The lowest BCUT2D eigenvalue weighted by molar-refractivity contribution is 0.0818. The molecule has 1 atom stereocenters. The number of hydrogen-bond acceptors (Lipinski definition) is 2. The van der Waals surface area contributed by atoms with Crippen LogP contribution in [0.1, 0.15) is 28.4 Å². The molecule has 0 N–H and O–H groups in total. The van der Waals surface area contributed by atoms with Crippen LogP contribution in [0.4, 0.5) is 0 Å². The minimum atomic E-state index is -0.683. The lowest BCUT2D eigenvalue weighted by Gasteiger charge is -2.16. The zero-order valence-corrected chi connectivity index (χ0v) is 14.7. The highest BCUT2D eigenvalue weighted by Gasteiger charge is 2.19. The Morgan fingerprint density at radius 2 is 1.59 bits per heavy atom. The molecular weight excluding hydrogens is 343 g/mol. The fourth-order valence-corrected chi connectivity index (χ4v) is 2.55. The van der Waals surface area contributed by atoms with E-state index in [1.165, 1.54) is 12.1 Å². The molecule has 0 aliphatic heterocycles. The van der Waals surface area contributed by atoms with E-state index in [0.717, 1.165) is 11.1 Å². The average molecular weight is 358 g/mol. The maximum atomic E-state index is 12.4. The van der Waals surface area contributed by atoms with Crippen molar-refractivity contribution in [2.75, 3.05) is 0 Å². The molecular formula is C17H15Cl3O2. The number of carbonyl (C=O) groups excluding carboxylic acids is 1. The van der Waals surface area contributed by atoms with Gasteiger partial charge >= 0.3 is 0 Å². The van der Waals surface area contributed by atoms with E-state index < -0.39 is 6.10 Å². The summed E-state index contributed by atoms with van der Waals surface area (Å²) in [5, 5.41) is 0.980. The lowest BCUT2D eigenvalue weighted by Crippen LogP contribution is -2.24. The van der Waals surface area contributed by atoms with Crippen LogP contribution in [0.5, 0.6) is 5.75 Å². The summed E-state index contributed by atoms with van der Waals surface area (Å²) >= 11 is 17.9. The summed E-state index contributed by atoms with van der Waals surface area (Å²) in [6, 6.07) is 8.57. The average Bonchev–Trinajstić information content (AvgIpc) is 2.46. The monoisotopic (exact) mass is 356 g/mol. The van der Waals surface area contributed by atoms with Crippen LogP contribution < -0.4 is 4.74 Å². The summed E-state index contributed by atoms with van der Waals surface area (Å²) in [6.45, 7) is 5.64. The molecule has 22 heavy (non-hydrogen) atoms. The number of ketones is 1. The maximum Gasteiger partial charge on any atom is 0.203 e. The van der Waals surface area contributed by atoms with Gasteiger partial charge in [0.25, 0.3) is 0 Å². The molecule has 0 heterocycles. The summed E-state index contributed by atoms with van der Waals surface area (Å²) < 4.78 is 5.64. The highest BCUT2D eigenvalue weighted by atomic mass is 35.5. The second-order valence-electron chi connectivity index (χ2n) is 5.12. The van der Waals surface area contributed by atoms with Crippen LogP contribution in [-0.2, 0) is 0 Å². The third kappa shape index (κ3) is 3.75. The predicted octanol–water partition coefficient (Wildman–Crippen LogP) is 5.91. The first-order valence-corrected chi connectivity index (χ1v) is 7.85. The van der Waals surface area contributed by atoms with Crippen molar-refractivity contribution in [3.8, 4) is 5.75 Å². The van der Waals surface area contributed by atoms with E-state index in [2.05, 4.69) is 0 Å². The predicted molar refractivity (Wildman–Crippen MR) is 91.8 cm³/mol. The minimum absolute atomic E-state index is 0.120. The second-order valence-corrected chi connectivity index (χ2v) is 6.34. The standard InChI is InChI=1S/C17H15Cl3O2/c1-9-4-5-12(6-10(9)2)17(21)11(3)22-16-8-14(19)13(18)7-15(16)20/h4-8,11H,1-3H3/t11-/m0/s1. The van der Waals surface area contributed by atoms with Gasteiger partial charge in [0, 0.05) is 11.6 Å². The normalized spacial score (nSPS) is 12.1. The fraction of sp³-hybridized carbons (Fsp3) is 0.235. The molecule has 0 fully saturated rings. The number of hydrogen-bond donors (Lipinski definition) is 0. The van der Waals surface area contributed by atoms with E-state index in [0.29, 0.717) is 26.4 Å². The fourth-order valence-electron chi connectivity index (χ4n) is 1.97. The molecule has 2 aromatic rings. The molecule has 0 spiro atoms. The number of benzene rings is 2. The van der Waals surface area contributed by atoms with Crippen LogP contribution in [0.3, 0.4) is 0 Å². The first-order valence-electron chi connectivity index (χ1n) is 6.72. The van der Waals surface area contributed by atoms with E-state index in [1.807, 2.05) is 26.0 Å². The number of Topliss-reactive ketones (excluding diaryl/α,β-unsaturated/α-hetero) is 1. The van der Waals surface area contributed by atoms with Gasteiger partial charge in [0.1, 0.15) is 5.75 Å². The number of rotatable bonds is 4. The Labute approximate surface area is 144 Å². The van der Waals surface area contributed by atoms with Gasteiger partial charge in [-0.05, 0) is 44.0 Å². The van der Waals surface area contributed by atoms with Gasteiger partial charge in [-0.1, -0.05) is 46.9 Å². The second kappa shape index (κ2) is 6.91. The van der Waals surface area contributed by atoms with E-state index in [4.69, 9.17) is 39.5 Å². The van der Waals surface area contributed by atoms with Gasteiger partial charge in [0.2, 0.25) is 5.78 Å². The van der Waals surface area contributed by atoms with E-state index in [-0.39, 0.29) is 5.78 Å². The van der Waals surface area contributed by atoms with Gasteiger partial charge in [-0.15, -0.1) is 0 Å². The van der Waals surface area contributed by atoms with Crippen molar-refractivity contribution in [2.24, 2.45) is 0 Å². The Hall–Kier alpha value is -1.22. The Balaban J connectivity index is 2.21. The summed E-state index contributed by atoms with van der Waals surface area (Å²) in [7, 11) is 0. The van der Waals surface area contributed by atoms with Crippen LogP contribution in [0.2, 0.25) is 15.1 Å².